The van der Waals surface area contributed by atoms with Crippen molar-refractivity contribution < 1.29 is 26.4 Å². The Balaban J connectivity index is 1.59. The van der Waals surface area contributed by atoms with Gasteiger partial charge in [-0.15, -0.1) is 0 Å². The third kappa shape index (κ3) is 4.74. The van der Waals surface area contributed by atoms with Gasteiger partial charge in [0.05, 0.1) is 16.6 Å². The fraction of sp³-hybridized carbons (Fsp3) is 0.316. The van der Waals surface area contributed by atoms with Gasteiger partial charge in [-0.25, -0.2) is 26.7 Å². The lowest BCUT2D eigenvalue weighted by Crippen LogP contribution is -2.52. The summed E-state index contributed by atoms with van der Waals surface area (Å²) in [6.07, 6.45) is 0. The van der Waals surface area contributed by atoms with Crippen LogP contribution in [0.4, 0.5) is 24.5 Å². The van der Waals surface area contributed by atoms with Gasteiger partial charge in [0.2, 0.25) is 15.9 Å². The Morgan fingerprint density at radius 3 is 2.17 bits per heavy atom. The third-order valence-corrected chi connectivity index (χ3v) is 5.99. The smallest absolute Gasteiger partial charge is 0.241 e. The van der Waals surface area contributed by atoms with Crippen LogP contribution >= 0.6 is 0 Å². The number of rotatable bonds is 5. The van der Waals surface area contributed by atoms with Crippen LogP contribution in [0.2, 0.25) is 0 Å². The average molecular weight is 442 g/mol. The molecule has 162 valence electrons. The number of nitrogens with zero attached hydrogens (tertiary/aromatic N) is 2. The van der Waals surface area contributed by atoms with Gasteiger partial charge in [0.15, 0.2) is 17.5 Å². The minimum absolute atomic E-state index is 0.0274. The molecule has 0 spiro atoms. The molecule has 30 heavy (non-hydrogen) atoms. The van der Waals surface area contributed by atoms with Crippen molar-refractivity contribution in [3.63, 3.8) is 0 Å². The predicted octanol–water partition coefficient (Wildman–Crippen LogP) is 1.90. The average Bonchev–Trinajstić information content (AvgIpc) is 2.73. The number of nitrogens with two attached hydrogens (primary N) is 1. The van der Waals surface area contributed by atoms with Gasteiger partial charge in [0.25, 0.3) is 0 Å². The number of primary sulfonamides is 1. The fourth-order valence-electron chi connectivity index (χ4n) is 3.24. The molecule has 7 nitrogen and oxygen atoms in total. The zero-order valence-corrected chi connectivity index (χ0v) is 16.9. The van der Waals surface area contributed by atoms with Crippen LogP contribution in [0.15, 0.2) is 41.3 Å². The van der Waals surface area contributed by atoms with E-state index >= 15 is 0 Å². The molecule has 2 aromatic carbocycles. The number of halogens is 3. The molecular weight excluding hydrogens is 421 g/mol. The highest BCUT2D eigenvalue weighted by Gasteiger charge is 2.27. The van der Waals surface area contributed by atoms with Crippen LogP contribution in [-0.2, 0) is 14.8 Å². The van der Waals surface area contributed by atoms with Gasteiger partial charge in [-0.3, -0.25) is 9.69 Å². The molecule has 1 fully saturated rings. The zero-order chi connectivity index (χ0) is 22.1. The molecule has 3 N–H and O–H groups in total. The molecule has 3 rings (SSSR count). The van der Waals surface area contributed by atoms with E-state index in [9.17, 15) is 26.4 Å². The molecule has 0 aromatic heterocycles. The molecule has 0 aliphatic carbocycles. The summed E-state index contributed by atoms with van der Waals surface area (Å²) < 4.78 is 62.8. The van der Waals surface area contributed by atoms with E-state index in [1.807, 2.05) is 9.80 Å². The van der Waals surface area contributed by atoms with E-state index in [0.29, 0.717) is 26.2 Å². The van der Waals surface area contributed by atoms with Gasteiger partial charge in [0, 0.05) is 31.9 Å². The van der Waals surface area contributed by atoms with Crippen LogP contribution in [0, 0.1) is 17.5 Å². The monoisotopic (exact) mass is 442 g/mol. The number of nitrogens with one attached hydrogen (secondary N) is 1. The first-order chi connectivity index (χ1) is 14.1. The van der Waals surface area contributed by atoms with E-state index in [4.69, 9.17) is 5.14 Å². The van der Waals surface area contributed by atoms with Crippen molar-refractivity contribution in [2.75, 3.05) is 36.4 Å². The molecule has 1 aliphatic rings. The highest BCUT2D eigenvalue weighted by atomic mass is 32.2. The van der Waals surface area contributed by atoms with Gasteiger partial charge >= 0.3 is 0 Å². The minimum Gasteiger partial charge on any atom is -0.369 e. The summed E-state index contributed by atoms with van der Waals surface area (Å²) >= 11 is 0. The number of carbonyl (C=O) groups is 1. The Labute approximate surface area is 172 Å². The molecule has 0 radical (unpaired) electrons. The van der Waals surface area contributed by atoms with Crippen molar-refractivity contribution in [2.24, 2.45) is 5.14 Å². The Hall–Kier alpha value is -2.63. The van der Waals surface area contributed by atoms with E-state index in [1.165, 1.54) is 12.1 Å². The first-order valence-electron chi connectivity index (χ1n) is 9.14. The van der Waals surface area contributed by atoms with Crippen molar-refractivity contribution in [1.82, 2.24) is 4.90 Å². The zero-order valence-electron chi connectivity index (χ0n) is 16.1. The standard InChI is InChI=1S/C19H21F3N4O3S/c1-12(19(27)24-16-7-6-15(20)17(21)18(16)22)25-8-10-26(11-9-25)13-2-4-14(5-3-13)30(23,28)29/h2-7,12H,8-11H2,1H3,(H,24,27)(H2,23,28,29). The molecule has 0 saturated carbocycles. The normalized spacial score (nSPS) is 16.4. The third-order valence-electron chi connectivity index (χ3n) is 5.06. The van der Waals surface area contributed by atoms with Crippen molar-refractivity contribution in [3.05, 3.63) is 53.8 Å². The second kappa shape index (κ2) is 8.62. The summed E-state index contributed by atoms with van der Waals surface area (Å²) in [5, 5.41) is 7.39. The lowest BCUT2D eigenvalue weighted by molar-refractivity contribution is -0.120. The first-order valence-corrected chi connectivity index (χ1v) is 10.7. The van der Waals surface area contributed by atoms with Gasteiger partial charge in [-0.1, -0.05) is 0 Å². The van der Waals surface area contributed by atoms with Crippen molar-refractivity contribution in [2.45, 2.75) is 17.9 Å². The molecule has 1 heterocycles. The highest BCUT2D eigenvalue weighted by molar-refractivity contribution is 7.89. The molecule has 2 aromatic rings. The van der Waals surface area contributed by atoms with Crippen LogP contribution in [0.25, 0.3) is 0 Å². The molecule has 11 heteroatoms. The number of anilines is 2. The number of hydrogen-bond acceptors (Lipinski definition) is 5. The van der Waals surface area contributed by atoms with Crippen molar-refractivity contribution >= 4 is 27.3 Å². The van der Waals surface area contributed by atoms with E-state index in [2.05, 4.69) is 5.32 Å². The summed E-state index contributed by atoms with van der Waals surface area (Å²) in [5.41, 5.74) is 0.405. The van der Waals surface area contributed by atoms with Crippen molar-refractivity contribution in [1.29, 1.82) is 0 Å². The number of hydrogen-bond donors (Lipinski definition) is 2. The van der Waals surface area contributed by atoms with Crippen LogP contribution in [-0.4, -0.2) is 51.4 Å². The van der Waals surface area contributed by atoms with Gasteiger partial charge in [0.1, 0.15) is 0 Å². The lowest BCUT2D eigenvalue weighted by atomic mass is 10.2. The summed E-state index contributed by atoms with van der Waals surface area (Å²) in [5.74, 6) is -4.94. The molecule has 1 saturated heterocycles. The number of sulfonamides is 1. The van der Waals surface area contributed by atoms with Crippen LogP contribution < -0.4 is 15.4 Å². The van der Waals surface area contributed by atoms with Gasteiger partial charge in [-0.2, -0.15) is 0 Å². The van der Waals surface area contributed by atoms with Crippen LogP contribution in [0.5, 0.6) is 0 Å². The highest BCUT2D eigenvalue weighted by Crippen LogP contribution is 2.22. The number of amides is 1. The van der Waals surface area contributed by atoms with E-state index < -0.39 is 45.1 Å². The summed E-state index contributed by atoms with van der Waals surface area (Å²) in [6, 6.07) is 7.30. The Bertz CT molecular complexity index is 1040. The Kier molecular flexibility index (Phi) is 6.34. The van der Waals surface area contributed by atoms with E-state index in [-0.39, 0.29) is 4.90 Å². The quantitative estimate of drug-likeness (QED) is 0.690. The predicted molar refractivity (Wildman–Crippen MR) is 106 cm³/mol. The topological polar surface area (TPSA) is 95.7 Å². The second-order valence-corrected chi connectivity index (χ2v) is 8.51. The lowest BCUT2D eigenvalue weighted by Gasteiger charge is -2.38. The molecule has 1 amide bonds. The second-order valence-electron chi connectivity index (χ2n) is 6.95. The van der Waals surface area contributed by atoms with Gasteiger partial charge in [-0.05, 0) is 43.3 Å². The summed E-state index contributed by atoms with van der Waals surface area (Å²) in [4.78, 5) is 16.4. The van der Waals surface area contributed by atoms with Crippen LogP contribution in [0.1, 0.15) is 6.92 Å². The molecule has 1 unspecified atom stereocenters. The largest absolute Gasteiger partial charge is 0.369 e. The maximum atomic E-state index is 13.8. The number of piperazine rings is 1. The van der Waals surface area contributed by atoms with Gasteiger partial charge < -0.3 is 10.2 Å². The maximum Gasteiger partial charge on any atom is 0.241 e. The summed E-state index contributed by atoms with van der Waals surface area (Å²) in [7, 11) is -3.76. The van der Waals surface area contributed by atoms with E-state index in [0.717, 1.165) is 17.8 Å². The molecular formula is C19H21F3N4O3S. The van der Waals surface area contributed by atoms with E-state index in [1.54, 1.807) is 19.1 Å². The number of carbonyl (C=O) groups excluding carboxylic acids is 1. The maximum absolute atomic E-state index is 13.8. The molecule has 1 atom stereocenters. The van der Waals surface area contributed by atoms with Crippen LogP contribution in [0.3, 0.4) is 0 Å². The van der Waals surface area contributed by atoms with Crippen molar-refractivity contribution in [3.8, 4) is 0 Å². The fourth-order valence-corrected chi connectivity index (χ4v) is 3.75. The summed E-state index contributed by atoms with van der Waals surface area (Å²) in [6.45, 7) is 3.83. The Morgan fingerprint density at radius 1 is 1.00 bits per heavy atom. The minimum atomic E-state index is -3.76. The number of benzene rings is 2. The Morgan fingerprint density at radius 2 is 1.60 bits per heavy atom. The first kappa shape index (κ1) is 22.1. The SMILES string of the molecule is CC(C(=O)Nc1ccc(F)c(F)c1F)N1CCN(c2ccc(S(N)(=O)=O)cc2)CC1. The molecule has 1 aliphatic heterocycles. The molecule has 0 bridgehead atoms.